The van der Waals surface area contributed by atoms with Gasteiger partial charge in [0.15, 0.2) is 0 Å². The van der Waals surface area contributed by atoms with Crippen molar-refractivity contribution in [2.75, 3.05) is 31.5 Å². The van der Waals surface area contributed by atoms with E-state index in [2.05, 4.69) is 32.1 Å². The largest absolute Gasteiger partial charge is 0.303 e. The van der Waals surface area contributed by atoms with Gasteiger partial charge >= 0.3 is 0 Å². The van der Waals surface area contributed by atoms with Crippen LogP contribution in [0.25, 0.3) is 0 Å². The number of anilines is 1. The van der Waals surface area contributed by atoms with Gasteiger partial charge in [-0.2, -0.15) is 0 Å². The highest BCUT2D eigenvalue weighted by atomic mass is 32.2. The van der Waals surface area contributed by atoms with E-state index < -0.39 is 10.0 Å². The Balaban J connectivity index is 1.49. The molecule has 8 nitrogen and oxygen atoms in total. The molecule has 1 atom stereocenters. The van der Waals surface area contributed by atoms with Crippen molar-refractivity contribution >= 4 is 32.4 Å². The zero-order valence-electron chi connectivity index (χ0n) is 16.7. The molecule has 1 aromatic heterocycles. The van der Waals surface area contributed by atoms with Crippen LogP contribution in [0.3, 0.4) is 0 Å². The second kappa shape index (κ2) is 9.75. The number of piperidine rings is 1. The van der Waals surface area contributed by atoms with E-state index in [1.54, 1.807) is 18.2 Å². The molecule has 0 bridgehead atoms. The Morgan fingerprint density at radius 2 is 2.17 bits per heavy atom. The van der Waals surface area contributed by atoms with Gasteiger partial charge in [-0.3, -0.25) is 10.1 Å². The Hall–Kier alpha value is -1.88. The van der Waals surface area contributed by atoms with Crippen molar-refractivity contribution in [2.24, 2.45) is 5.92 Å². The van der Waals surface area contributed by atoms with Gasteiger partial charge in [0.25, 0.3) is 15.9 Å². The van der Waals surface area contributed by atoms with Crippen LogP contribution in [-0.2, 0) is 10.0 Å². The highest BCUT2D eigenvalue weighted by Crippen LogP contribution is 2.21. The van der Waals surface area contributed by atoms with E-state index in [4.69, 9.17) is 0 Å². The Kier molecular flexibility index (Phi) is 7.33. The van der Waals surface area contributed by atoms with Crippen LogP contribution < -0.4 is 10.0 Å². The average molecular weight is 438 g/mol. The fraction of sp³-hybridized carbons (Fsp3) is 0.526. The number of nitrogens with zero attached hydrogens (tertiary/aromatic N) is 3. The number of benzene rings is 1. The fourth-order valence-corrected chi connectivity index (χ4v) is 5.39. The summed E-state index contributed by atoms with van der Waals surface area (Å²) >= 11 is 0.838. The smallest absolute Gasteiger partial charge is 0.269 e. The van der Waals surface area contributed by atoms with Crippen LogP contribution in [-0.4, -0.2) is 55.6 Å². The molecule has 1 saturated heterocycles. The molecule has 2 aromatic rings. The highest BCUT2D eigenvalue weighted by molar-refractivity contribution is 7.91. The van der Waals surface area contributed by atoms with Gasteiger partial charge in [-0.15, -0.1) is 10.2 Å². The van der Waals surface area contributed by atoms with Gasteiger partial charge in [-0.1, -0.05) is 36.0 Å². The minimum atomic E-state index is -3.74. The molecule has 0 spiro atoms. The Labute approximate surface area is 175 Å². The van der Waals surface area contributed by atoms with Crippen molar-refractivity contribution in [1.82, 2.24) is 19.8 Å². The highest BCUT2D eigenvalue weighted by Gasteiger charge is 2.21. The van der Waals surface area contributed by atoms with Crippen molar-refractivity contribution in [1.29, 1.82) is 0 Å². The predicted octanol–water partition coefficient (Wildman–Crippen LogP) is 2.50. The molecular weight excluding hydrogens is 410 g/mol. The summed E-state index contributed by atoms with van der Waals surface area (Å²) in [5.41, 5.74) is 1.44. The monoisotopic (exact) mass is 437 g/mol. The van der Waals surface area contributed by atoms with E-state index in [9.17, 15) is 13.2 Å². The maximum Gasteiger partial charge on any atom is 0.269 e. The van der Waals surface area contributed by atoms with E-state index >= 15 is 0 Å². The summed E-state index contributed by atoms with van der Waals surface area (Å²) in [4.78, 5) is 14.6. The van der Waals surface area contributed by atoms with Crippen LogP contribution in [0.4, 0.5) is 5.13 Å². The number of aromatic nitrogens is 2. The third kappa shape index (κ3) is 6.30. The topological polar surface area (TPSA) is 104 Å². The minimum absolute atomic E-state index is 0.149. The lowest BCUT2D eigenvalue weighted by atomic mass is 10.0. The van der Waals surface area contributed by atoms with Gasteiger partial charge in [0.1, 0.15) is 0 Å². The molecule has 0 aliphatic carbocycles. The maximum atomic E-state index is 12.4. The Morgan fingerprint density at radius 1 is 1.34 bits per heavy atom. The summed E-state index contributed by atoms with van der Waals surface area (Å²) in [6, 6.07) is 7.11. The predicted molar refractivity (Wildman–Crippen MR) is 114 cm³/mol. The van der Waals surface area contributed by atoms with Gasteiger partial charge in [0, 0.05) is 18.7 Å². The van der Waals surface area contributed by atoms with E-state index in [0.29, 0.717) is 18.0 Å². The number of likely N-dealkylation sites (tertiary alicyclic amines) is 1. The number of rotatable bonds is 8. The van der Waals surface area contributed by atoms with E-state index in [0.717, 1.165) is 43.0 Å². The van der Waals surface area contributed by atoms with Gasteiger partial charge in [-0.25, -0.2) is 13.1 Å². The van der Waals surface area contributed by atoms with Gasteiger partial charge < -0.3 is 4.90 Å². The van der Waals surface area contributed by atoms with Crippen LogP contribution in [0.15, 0.2) is 28.6 Å². The van der Waals surface area contributed by atoms with Gasteiger partial charge in [0.05, 0.1) is 0 Å². The average Bonchev–Trinajstić information content (AvgIpc) is 3.15. The molecule has 29 heavy (non-hydrogen) atoms. The Bertz CT molecular complexity index is 945. The number of nitrogens with one attached hydrogen (secondary N) is 2. The van der Waals surface area contributed by atoms with Crippen LogP contribution in [0.5, 0.6) is 0 Å². The molecule has 2 N–H and O–H groups in total. The van der Waals surface area contributed by atoms with Crippen molar-refractivity contribution in [3.8, 4) is 0 Å². The SMILES string of the molecule is Cc1cccc(C(=O)Nc2nnc(S(=O)(=O)NCCCN3CCC[C@H](C)C3)s2)c1. The molecule has 158 valence electrons. The lowest BCUT2D eigenvalue weighted by Crippen LogP contribution is -2.36. The van der Waals surface area contributed by atoms with Crippen molar-refractivity contribution in [3.63, 3.8) is 0 Å². The third-order valence-corrected chi connectivity index (χ3v) is 7.49. The first kappa shape index (κ1) is 21.8. The van der Waals surface area contributed by atoms with Crippen molar-refractivity contribution in [3.05, 3.63) is 35.4 Å². The third-order valence-electron chi connectivity index (χ3n) is 4.82. The molecule has 1 aromatic carbocycles. The van der Waals surface area contributed by atoms with E-state index in [-0.39, 0.29) is 15.4 Å². The number of aryl methyl sites for hydroxylation is 1. The Morgan fingerprint density at radius 3 is 2.93 bits per heavy atom. The van der Waals surface area contributed by atoms with Crippen LogP contribution in [0.1, 0.15) is 42.1 Å². The van der Waals surface area contributed by atoms with Gasteiger partial charge in [-0.05, 0) is 57.3 Å². The summed E-state index contributed by atoms with van der Waals surface area (Å²) in [5.74, 6) is 0.354. The molecule has 1 aliphatic rings. The molecule has 1 amide bonds. The second-order valence-corrected chi connectivity index (χ2v) is 10.4. The first-order chi connectivity index (χ1) is 13.8. The lowest BCUT2D eigenvalue weighted by molar-refractivity contribution is 0.102. The van der Waals surface area contributed by atoms with Crippen LogP contribution in [0, 0.1) is 12.8 Å². The second-order valence-electron chi connectivity index (χ2n) is 7.50. The summed E-state index contributed by atoms with van der Waals surface area (Å²) in [6.45, 7) is 7.52. The van der Waals surface area contributed by atoms with Crippen molar-refractivity contribution < 1.29 is 13.2 Å². The number of hydrogen-bond donors (Lipinski definition) is 2. The van der Waals surface area contributed by atoms with E-state index in [1.165, 1.54) is 12.8 Å². The van der Waals surface area contributed by atoms with Crippen LogP contribution >= 0.6 is 11.3 Å². The number of amides is 1. The summed E-state index contributed by atoms with van der Waals surface area (Å²) < 4.78 is 27.3. The molecule has 0 unspecified atom stereocenters. The quantitative estimate of drug-likeness (QED) is 0.486. The van der Waals surface area contributed by atoms with Crippen LogP contribution in [0.2, 0.25) is 0 Å². The first-order valence-corrected chi connectivity index (χ1v) is 12.1. The van der Waals surface area contributed by atoms with Gasteiger partial charge in [0.2, 0.25) is 9.47 Å². The molecule has 0 saturated carbocycles. The maximum absolute atomic E-state index is 12.4. The zero-order chi connectivity index (χ0) is 20.9. The molecule has 2 heterocycles. The summed E-state index contributed by atoms with van der Waals surface area (Å²) in [5, 5.41) is 10.3. The minimum Gasteiger partial charge on any atom is -0.303 e. The normalized spacial score (nSPS) is 17.9. The zero-order valence-corrected chi connectivity index (χ0v) is 18.4. The molecule has 1 fully saturated rings. The molecular formula is C19H27N5O3S2. The fourth-order valence-electron chi connectivity index (χ4n) is 3.39. The first-order valence-electron chi connectivity index (χ1n) is 9.77. The van der Waals surface area contributed by atoms with E-state index in [1.807, 2.05) is 13.0 Å². The summed E-state index contributed by atoms with van der Waals surface area (Å²) in [6.07, 6.45) is 3.21. The summed E-state index contributed by atoms with van der Waals surface area (Å²) in [7, 11) is -3.74. The lowest BCUT2D eigenvalue weighted by Gasteiger charge is -2.30. The molecule has 10 heteroatoms. The molecule has 1 aliphatic heterocycles. The number of carbonyl (C=O) groups is 1. The van der Waals surface area contributed by atoms with Crippen molar-refractivity contribution in [2.45, 2.75) is 37.4 Å². The molecule has 3 rings (SSSR count). The number of hydrogen-bond acceptors (Lipinski definition) is 7. The number of carbonyl (C=O) groups excluding carboxylic acids is 1. The molecule has 0 radical (unpaired) electrons. The standard InChI is InChI=1S/C19H27N5O3S2/c1-14-6-3-8-16(12-14)17(25)21-18-22-23-19(28-18)29(26,27)20-9-5-11-24-10-4-7-15(2)13-24/h3,6,8,12,15,20H,4-5,7,9-11,13H2,1-2H3,(H,21,22,25)/t15-/m0/s1. The number of sulfonamides is 1.